The standard InChI is InChI=1S/C19H22ClFN2/c20-17-5-1-14(2-6-17)9-16-10-19(22)13-23(12-16)11-15-3-7-18(21)8-4-15/h1-8,16,19H,9-13,22H2. The molecule has 2 aromatic carbocycles. The predicted octanol–water partition coefficient (Wildman–Crippen LogP) is 3.87. The van der Waals surface area contributed by atoms with Crippen LogP contribution in [0.25, 0.3) is 0 Å². The number of hydrogen-bond donors (Lipinski definition) is 1. The quantitative estimate of drug-likeness (QED) is 0.921. The van der Waals surface area contributed by atoms with Crippen LogP contribution in [0.2, 0.25) is 5.02 Å². The Bertz CT molecular complexity index is 571. The van der Waals surface area contributed by atoms with E-state index in [2.05, 4.69) is 17.0 Å². The normalized spacial score (nSPS) is 22.2. The lowest BCUT2D eigenvalue weighted by Gasteiger charge is -2.36. The van der Waals surface area contributed by atoms with Crippen molar-refractivity contribution in [3.05, 3.63) is 70.5 Å². The summed E-state index contributed by atoms with van der Waals surface area (Å²) in [5, 5.41) is 0.770. The van der Waals surface area contributed by atoms with Gasteiger partial charge in [0.2, 0.25) is 0 Å². The molecule has 2 aromatic rings. The van der Waals surface area contributed by atoms with Crippen molar-refractivity contribution in [3.63, 3.8) is 0 Å². The van der Waals surface area contributed by atoms with Gasteiger partial charge < -0.3 is 5.73 Å². The van der Waals surface area contributed by atoms with Gasteiger partial charge in [-0.2, -0.15) is 0 Å². The molecule has 0 spiro atoms. The first-order valence-electron chi connectivity index (χ1n) is 8.05. The Labute approximate surface area is 142 Å². The van der Waals surface area contributed by atoms with E-state index in [1.54, 1.807) is 0 Å². The Balaban J connectivity index is 1.62. The molecule has 0 amide bonds. The topological polar surface area (TPSA) is 29.3 Å². The molecule has 1 aliphatic heterocycles. The second-order valence-corrected chi connectivity index (χ2v) is 6.95. The highest BCUT2D eigenvalue weighted by atomic mass is 35.5. The summed E-state index contributed by atoms with van der Waals surface area (Å²) < 4.78 is 13.0. The van der Waals surface area contributed by atoms with E-state index in [1.807, 2.05) is 24.3 Å². The maximum Gasteiger partial charge on any atom is 0.123 e. The van der Waals surface area contributed by atoms with Crippen LogP contribution in [-0.4, -0.2) is 24.0 Å². The third-order valence-electron chi connectivity index (χ3n) is 4.40. The summed E-state index contributed by atoms with van der Waals surface area (Å²) in [6, 6.07) is 15.0. The van der Waals surface area contributed by atoms with Crippen molar-refractivity contribution in [2.75, 3.05) is 13.1 Å². The second-order valence-electron chi connectivity index (χ2n) is 6.51. The van der Waals surface area contributed by atoms with Crippen LogP contribution in [0.3, 0.4) is 0 Å². The lowest BCUT2D eigenvalue weighted by molar-refractivity contribution is 0.149. The lowest BCUT2D eigenvalue weighted by Crippen LogP contribution is -2.47. The molecule has 1 saturated heterocycles. The molecular weight excluding hydrogens is 311 g/mol. The van der Waals surface area contributed by atoms with Crippen molar-refractivity contribution in [2.24, 2.45) is 11.7 Å². The Hall–Kier alpha value is -1.42. The molecule has 4 heteroatoms. The number of nitrogens with two attached hydrogens (primary N) is 1. The van der Waals surface area contributed by atoms with Gasteiger partial charge in [0.1, 0.15) is 5.82 Å². The first kappa shape index (κ1) is 16.4. The third-order valence-corrected chi connectivity index (χ3v) is 4.65. The summed E-state index contributed by atoms with van der Waals surface area (Å²) in [4.78, 5) is 2.38. The van der Waals surface area contributed by atoms with Crippen LogP contribution in [0.1, 0.15) is 17.5 Å². The first-order valence-corrected chi connectivity index (χ1v) is 8.43. The van der Waals surface area contributed by atoms with Gasteiger partial charge in [0.25, 0.3) is 0 Å². The minimum Gasteiger partial charge on any atom is -0.327 e. The maximum absolute atomic E-state index is 13.0. The number of benzene rings is 2. The molecule has 3 rings (SSSR count). The van der Waals surface area contributed by atoms with Gasteiger partial charge in [-0.1, -0.05) is 35.9 Å². The summed E-state index contributed by atoms with van der Waals surface area (Å²) >= 11 is 5.95. The molecule has 1 fully saturated rings. The van der Waals surface area contributed by atoms with Crippen LogP contribution in [0.15, 0.2) is 48.5 Å². The van der Waals surface area contributed by atoms with Crippen LogP contribution < -0.4 is 5.73 Å². The molecule has 23 heavy (non-hydrogen) atoms. The zero-order valence-corrected chi connectivity index (χ0v) is 13.8. The SMILES string of the molecule is NC1CC(Cc2ccc(Cl)cc2)CN(Cc2ccc(F)cc2)C1. The molecule has 122 valence electrons. The zero-order valence-electron chi connectivity index (χ0n) is 13.1. The van der Waals surface area contributed by atoms with E-state index < -0.39 is 0 Å². The van der Waals surface area contributed by atoms with Crippen LogP contribution in [-0.2, 0) is 13.0 Å². The highest BCUT2D eigenvalue weighted by molar-refractivity contribution is 6.30. The molecule has 1 aliphatic rings. The van der Waals surface area contributed by atoms with Crippen molar-refractivity contribution < 1.29 is 4.39 Å². The van der Waals surface area contributed by atoms with Crippen molar-refractivity contribution in [1.29, 1.82) is 0 Å². The van der Waals surface area contributed by atoms with Crippen molar-refractivity contribution in [1.82, 2.24) is 4.90 Å². The summed E-state index contributed by atoms with van der Waals surface area (Å²) in [5.74, 6) is 0.352. The van der Waals surface area contributed by atoms with E-state index >= 15 is 0 Å². The van der Waals surface area contributed by atoms with Crippen LogP contribution in [0.4, 0.5) is 4.39 Å². The smallest absolute Gasteiger partial charge is 0.123 e. The number of nitrogens with zero attached hydrogens (tertiary/aromatic N) is 1. The van der Waals surface area contributed by atoms with Crippen molar-refractivity contribution in [2.45, 2.75) is 25.4 Å². The number of rotatable bonds is 4. The van der Waals surface area contributed by atoms with E-state index in [0.29, 0.717) is 5.92 Å². The van der Waals surface area contributed by atoms with Crippen LogP contribution in [0.5, 0.6) is 0 Å². The summed E-state index contributed by atoms with van der Waals surface area (Å²) in [6.45, 7) is 2.74. The van der Waals surface area contributed by atoms with E-state index in [0.717, 1.165) is 43.1 Å². The molecule has 2 unspecified atom stereocenters. The van der Waals surface area contributed by atoms with E-state index in [9.17, 15) is 4.39 Å². The Morgan fingerprint density at radius 1 is 1.00 bits per heavy atom. The molecule has 1 heterocycles. The average molecular weight is 333 g/mol. The minimum absolute atomic E-state index is 0.190. The molecule has 2 atom stereocenters. The van der Waals surface area contributed by atoms with Gasteiger partial charge in [-0.25, -0.2) is 4.39 Å². The zero-order chi connectivity index (χ0) is 16.2. The molecule has 2 nitrogen and oxygen atoms in total. The predicted molar refractivity (Wildman–Crippen MR) is 92.9 cm³/mol. The average Bonchev–Trinajstić information content (AvgIpc) is 2.51. The molecule has 0 aliphatic carbocycles. The summed E-state index contributed by atoms with van der Waals surface area (Å²) in [7, 11) is 0. The molecule has 0 bridgehead atoms. The van der Waals surface area contributed by atoms with E-state index in [4.69, 9.17) is 17.3 Å². The maximum atomic E-state index is 13.0. The van der Waals surface area contributed by atoms with Crippen LogP contribution >= 0.6 is 11.6 Å². The van der Waals surface area contributed by atoms with Gasteiger partial charge in [0.15, 0.2) is 0 Å². The van der Waals surface area contributed by atoms with E-state index in [-0.39, 0.29) is 11.9 Å². The summed E-state index contributed by atoms with van der Waals surface area (Å²) in [6.07, 6.45) is 2.06. The number of hydrogen-bond acceptors (Lipinski definition) is 2. The molecule has 0 saturated carbocycles. The van der Waals surface area contributed by atoms with Gasteiger partial charge in [-0.05, 0) is 54.2 Å². The number of piperidine rings is 1. The number of halogens is 2. The molecule has 2 N–H and O–H groups in total. The fraction of sp³-hybridized carbons (Fsp3) is 0.368. The van der Waals surface area contributed by atoms with Crippen molar-refractivity contribution in [3.8, 4) is 0 Å². The second kappa shape index (κ2) is 7.43. The Morgan fingerprint density at radius 2 is 1.65 bits per heavy atom. The monoisotopic (exact) mass is 332 g/mol. The largest absolute Gasteiger partial charge is 0.327 e. The fourth-order valence-electron chi connectivity index (χ4n) is 3.43. The van der Waals surface area contributed by atoms with Gasteiger partial charge in [-0.3, -0.25) is 4.90 Å². The molecule has 0 aromatic heterocycles. The number of likely N-dealkylation sites (tertiary alicyclic amines) is 1. The lowest BCUT2D eigenvalue weighted by atomic mass is 9.89. The Morgan fingerprint density at radius 3 is 2.35 bits per heavy atom. The Kier molecular flexibility index (Phi) is 5.31. The third kappa shape index (κ3) is 4.77. The van der Waals surface area contributed by atoms with E-state index in [1.165, 1.54) is 17.7 Å². The molecular formula is C19H22ClFN2. The van der Waals surface area contributed by atoms with Gasteiger partial charge in [0.05, 0.1) is 0 Å². The van der Waals surface area contributed by atoms with Crippen LogP contribution in [0, 0.1) is 11.7 Å². The molecule has 0 radical (unpaired) electrons. The van der Waals surface area contributed by atoms with Gasteiger partial charge in [0, 0.05) is 30.7 Å². The highest BCUT2D eigenvalue weighted by Gasteiger charge is 2.25. The van der Waals surface area contributed by atoms with Gasteiger partial charge in [-0.15, -0.1) is 0 Å². The highest BCUT2D eigenvalue weighted by Crippen LogP contribution is 2.22. The fourth-order valence-corrected chi connectivity index (χ4v) is 3.55. The summed E-state index contributed by atoms with van der Waals surface area (Å²) in [5.41, 5.74) is 8.68. The first-order chi connectivity index (χ1) is 11.1. The van der Waals surface area contributed by atoms with Crippen molar-refractivity contribution >= 4 is 11.6 Å². The minimum atomic E-state index is -0.190. The van der Waals surface area contributed by atoms with Gasteiger partial charge >= 0.3 is 0 Å².